The number of sulfonamides is 1. The lowest BCUT2D eigenvalue weighted by molar-refractivity contribution is -0.123. The molecule has 106 valence electrons. The van der Waals surface area contributed by atoms with E-state index in [0.29, 0.717) is 19.4 Å². The molecule has 1 fully saturated rings. The number of rotatable bonds is 4. The summed E-state index contributed by atoms with van der Waals surface area (Å²) in [5.74, 6) is 1.97. The van der Waals surface area contributed by atoms with Crippen LogP contribution in [0.3, 0.4) is 0 Å². The quantitative estimate of drug-likeness (QED) is 0.826. The number of amides is 1. The Morgan fingerprint density at radius 2 is 2.10 bits per heavy atom. The Balaban J connectivity index is 2.23. The predicted octanol–water partition coefficient (Wildman–Crippen LogP) is 0.589. The van der Waals surface area contributed by atoms with Crippen molar-refractivity contribution in [2.45, 2.75) is 23.8 Å². The third-order valence-electron chi connectivity index (χ3n) is 3.22. The summed E-state index contributed by atoms with van der Waals surface area (Å²) in [4.78, 5) is 12.2. The van der Waals surface area contributed by atoms with E-state index in [1.54, 1.807) is 18.2 Å². The molecule has 1 N–H and O–H groups in total. The van der Waals surface area contributed by atoms with E-state index in [0.717, 1.165) is 0 Å². The van der Waals surface area contributed by atoms with E-state index in [4.69, 9.17) is 6.42 Å². The minimum Gasteiger partial charge on any atom is -0.344 e. The van der Waals surface area contributed by atoms with Crippen LogP contribution >= 0.6 is 0 Å². The van der Waals surface area contributed by atoms with Crippen molar-refractivity contribution in [3.8, 4) is 12.3 Å². The van der Waals surface area contributed by atoms with Crippen molar-refractivity contribution in [1.29, 1.82) is 0 Å². The fourth-order valence-corrected chi connectivity index (χ4v) is 3.95. The van der Waals surface area contributed by atoms with E-state index in [-0.39, 0.29) is 17.3 Å². The second-order valence-corrected chi connectivity index (χ2v) is 6.40. The molecule has 1 unspecified atom stereocenters. The lowest BCUT2D eigenvalue weighted by Crippen LogP contribution is -2.45. The van der Waals surface area contributed by atoms with Gasteiger partial charge in [0.1, 0.15) is 6.04 Å². The van der Waals surface area contributed by atoms with Crippen LogP contribution in [0.4, 0.5) is 0 Å². The topological polar surface area (TPSA) is 66.5 Å². The maximum atomic E-state index is 12.5. The summed E-state index contributed by atoms with van der Waals surface area (Å²) in [5, 5.41) is 2.55. The van der Waals surface area contributed by atoms with Crippen LogP contribution < -0.4 is 5.32 Å². The average Bonchev–Trinajstić information content (AvgIpc) is 2.96. The van der Waals surface area contributed by atoms with Gasteiger partial charge in [0.2, 0.25) is 15.9 Å². The van der Waals surface area contributed by atoms with Gasteiger partial charge in [0.15, 0.2) is 0 Å². The monoisotopic (exact) mass is 292 g/mol. The molecule has 1 atom stereocenters. The average molecular weight is 292 g/mol. The van der Waals surface area contributed by atoms with Crippen LogP contribution in [-0.2, 0) is 14.8 Å². The van der Waals surface area contributed by atoms with Gasteiger partial charge in [0, 0.05) is 6.54 Å². The zero-order valence-corrected chi connectivity index (χ0v) is 11.8. The zero-order chi connectivity index (χ0) is 14.6. The largest absolute Gasteiger partial charge is 0.344 e. The molecule has 1 aliphatic rings. The van der Waals surface area contributed by atoms with Gasteiger partial charge < -0.3 is 5.32 Å². The first-order chi connectivity index (χ1) is 9.57. The molecule has 1 aromatic carbocycles. The highest BCUT2D eigenvalue weighted by Crippen LogP contribution is 2.25. The van der Waals surface area contributed by atoms with Crippen LogP contribution in [0.5, 0.6) is 0 Å². The summed E-state index contributed by atoms with van der Waals surface area (Å²) < 4.78 is 26.3. The lowest BCUT2D eigenvalue weighted by Gasteiger charge is -2.23. The molecular formula is C14H16N2O3S. The molecule has 20 heavy (non-hydrogen) atoms. The Morgan fingerprint density at radius 3 is 2.75 bits per heavy atom. The first-order valence-corrected chi connectivity index (χ1v) is 7.79. The molecule has 0 radical (unpaired) electrons. The summed E-state index contributed by atoms with van der Waals surface area (Å²) in [6.45, 7) is 0.458. The van der Waals surface area contributed by atoms with Gasteiger partial charge >= 0.3 is 0 Å². The molecule has 6 heteroatoms. The number of nitrogens with zero attached hydrogens (tertiary/aromatic N) is 1. The van der Waals surface area contributed by atoms with Gasteiger partial charge in [-0.15, -0.1) is 6.42 Å². The van der Waals surface area contributed by atoms with E-state index in [9.17, 15) is 13.2 Å². The van der Waals surface area contributed by atoms with Crippen LogP contribution in [0.25, 0.3) is 0 Å². The minimum absolute atomic E-state index is 0.106. The first kappa shape index (κ1) is 14.6. The lowest BCUT2D eigenvalue weighted by atomic mass is 10.2. The number of benzene rings is 1. The van der Waals surface area contributed by atoms with Crippen LogP contribution in [0.1, 0.15) is 12.8 Å². The highest BCUT2D eigenvalue weighted by atomic mass is 32.2. The third kappa shape index (κ3) is 2.84. The van der Waals surface area contributed by atoms with Crippen molar-refractivity contribution < 1.29 is 13.2 Å². The van der Waals surface area contributed by atoms with E-state index < -0.39 is 16.1 Å². The number of hydrogen-bond acceptors (Lipinski definition) is 3. The molecule has 1 amide bonds. The van der Waals surface area contributed by atoms with Crippen LogP contribution in [0.2, 0.25) is 0 Å². The molecule has 0 saturated carbocycles. The maximum absolute atomic E-state index is 12.5. The molecule has 1 aliphatic heterocycles. The summed E-state index contributed by atoms with van der Waals surface area (Å²) in [6, 6.07) is 7.47. The first-order valence-electron chi connectivity index (χ1n) is 6.35. The van der Waals surface area contributed by atoms with Crippen LogP contribution in [0, 0.1) is 12.3 Å². The molecule has 2 rings (SSSR count). The summed E-state index contributed by atoms with van der Waals surface area (Å²) >= 11 is 0. The Hall–Kier alpha value is -1.84. The summed E-state index contributed by atoms with van der Waals surface area (Å²) in [6.07, 6.45) is 6.27. The predicted molar refractivity (Wildman–Crippen MR) is 75.2 cm³/mol. The number of terminal acetylenes is 1. The number of hydrogen-bond donors (Lipinski definition) is 1. The van der Waals surface area contributed by atoms with Crippen molar-refractivity contribution in [3.05, 3.63) is 30.3 Å². The van der Waals surface area contributed by atoms with Crippen molar-refractivity contribution >= 4 is 15.9 Å². The third-order valence-corrected chi connectivity index (χ3v) is 5.14. The van der Waals surface area contributed by atoms with Gasteiger partial charge in [0.05, 0.1) is 11.4 Å². The van der Waals surface area contributed by atoms with Gasteiger partial charge in [-0.1, -0.05) is 24.1 Å². The highest BCUT2D eigenvalue weighted by Gasteiger charge is 2.39. The van der Waals surface area contributed by atoms with E-state index >= 15 is 0 Å². The second-order valence-electron chi connectivity index (χ2n) is 4.51. The molecule has 0 aliphatic carbocycles. The van der Waals surface area contributed by atoms with E-state index in [1.165, 1.54) is 16.4 Å². The number of carbonyl (C=O) groups is 1. The second kappa shape index (κ2) is 6.07. The molecule has 0 spiro atoms. The van der Waals surface area contributed by atoms with Gasteiger partial charge in [-0.25, -0.2) is 8.42 Å². The molecule has 1 aromatic rings. The Morgan fingerprint density at radius 1 is 1.40 bits per heavy atom. The van der Waals surface area contributed by atoms with Crippen LogP contribution in [0.15, 0.2) is 35.2 Å². The maximum Gasteiger partial charge on any atom is 0.243 e. The normalized spacial score (nSPS) is 19.4. The Bertz CT molecular complexity index is 620. The van der Waals surface area contributed by atoms with Crippen molar-refractivity contribution in [2.75, 3.05) is 13.1 Å². The van der Waals surface area contributed by atoms with Crippen molar-refractivity contribution in [2.24, 2.45) is 0 Å². The van der Waals surface area contributed by atoms with E-state index in [1.807, 2.05) is 0 Å². The molecule has 0 bridgehead atoms. The van der Waals surface area contributed by atoms with Gasteiger partial charge in [0.25, 0.3) is 0 Å². The Labute approximate surface area is 119 Å². The summed E-state index contributed by atoms with van der Waals surface area (Å²) in [5.41, 5.74) is 0. The van der Waals surface area contributed by atoms with E-state index in [2.05, 4.69) is 11.2 Å². The molecule has 1 saturated heterocycles. The fourth-order valence-electron chi connectivity index (χ4n) is 2.27. The van der Waals surface area contributed by atoms with Crippen molar-refractivity contribution in [1.82, 2.24) is 9.62 Å². The minimum atomic E-state index is -3.64. The Kier molecular flexibility index (Phi) is 4.42. The number of nitrogens with one attached hydrogen (secondary N) is 1. The van der Waals surface area contributed by atoms with Gasteiger partial charge in [-0.05, 0) is 25.0 Å². The SMILES string of the molecule is C#CCNC(=O)C1CCCN1S(=O)(=O)c1ccccc1. The van der Waals surface area contributed by atoms with Gasteiger partial charge in [-0.3, -0.25) is 4.79 Å². The molecular weight excluding hydrogens is 276 g/mol. The standard InChI is InChI=1S/C14H16N2O3S/c1-2-10-15-14(17)13-9-6-11-16(13)20(18,19)12-7-4-3-5-8-12/h1,3-5,7-8,13H,6,9-11H2,(H,15,17). The fraction of sp³-hybridized carbons (Fsp3) is 0.357. The molecule has 0 aromatic heterocycles. The molecule has 5 nitrogen and oxygen atoms in total. The smallest absolute Gasteiger partial charge is 0.243 e. The number of carbonyl (C=O) groups excluding carboxylic acids is 1. The summed E-state index contributed by atoms with van der Waals surface area (Å²) in [7, 11) is -3.64. The zero-order valence-electron chi connectivity index (χ0n) is 11.0. The highest BCUT2D eigenvalue weighted by molar-refractivity contribution is 7.89. The molecule has 1 heterocycles. The van der Waals surface area contributed by atoms with Crippen LogP contribution in [-0.4, -0.2) is 37.8 Å². The van der Waals surface area contributed by atoms with Gasteiger partial charge in [-0.2, -0.15) is 4.31 Å². The van der Waals surface area contributed by atoms with Crippen molar-refractivity contribution in [3.63, 3.8) is 0 Å².